The number of methoxy groups -OCH3 is 3. The Kier molecular flexibility index (Phi) is 29.9. The molecule has 7 atom stereocenters. The molecule has 0 spiro atoms. The van der Waals surface area contributed by atoms with Gasteiger partial charge >= 0.3 is 0 Å². The summed E-state index contributed by atoms with van der Waals surface area (Å²) >= 11 is 7.83. The van der Waals surface area contributed by atoms with Crippen LogP contribution < -0.4 is 18.9 Å². The summed E-state index contributed by atoms with van der Waals surface area (Å²) in [6, 6.07) is 26.3. The minimum Gasteiger partial charge on any atom is -0.493 e. The molecule has 4 aromatic carbocycles. The maximum Gasteiger partial charge on any atom is 0.123 e. The van der Waals surface area contributed by atoms with Crippen molar-refractivity contribution in [2.45, 2.75) is 193 Å². The van der Waals surface area contributed by atoms with Crippen LogP contribution in [0.25, 0.3) is 11.1 Å². The quantitative estimate of drug-likeness (QED) is 0.0396. The molecule has 7 unspecified atom stereocenters. The van der Waals surface area contributed by atoms with E-state index in [1.54, 1.807) is 21.3 Å². The number of hydrogen-bond donors (Lipinski definition) is 0. The maximum atomic E-state index is 6.66. The van der Waals surface area contributed by atoms with Gasteiger partial charge in [0.15, 0.2) is 0 Å². The van der Waals surface area contributed by atoms with Gasteiger partial charge in [0.25, 0.3) is 0 Å². The van der Waals surface area contributed by atoms with Gasteiger partial charge in [0.1, 0.15) is 23.0 Å². The van der Waals surface area contributed by atoms with Gasteiger partial charge in [-0.1, -0.05) is 78.1 Å². The third kappa shape index (κ3) is 21.6. The van der Waals surface area contributed by atoms with E-state index in [1.807, 2.05) is 12.1 Å². The maximum absolute atomic E-state index is 6.66. The summed E-state index contributed by atoms with van der Waals surface area (Å²) < 4.78 is 70.2. The van der Waals surface area contributed by atoms with Crippen molar-refractivity contribution in [3.05, 3.63) is 104 Å². The summed E-state index contributed by atoms with van der Waals surface area (Å²) in [5.41, 5.74) is 6.55. The van der Waals surface area contributed by atoms with Crippen molar-refractivity contribution in [3.8, 4) is 34.1 Å². The van der Waals surface area contributed by atoms with Crippen molar-refractivity contribution in [3.63, 3.8) is 0 Å². The van der Waals surface area contributed by atoms with Crippen LogP contribution in [0.5, 0.6) is 23.0 Å². The summed E-state index contributed by atoms with van der Waals surface area (Å²) in [6.07, 6.45) is 12.7. The molecule has 4 aromatic rings. The third-order valence-corrected chi connectivity index (χ3v) is 16.1. The van der Waals surface area contributed by atoms with Crippen molar-refractivity contribution in [1.29, 1.82) is 0 Å². The summed E-state index contributed by atoms with van der Waals surface area (Å²) in [5, 5.41) is 0. The van der Waals surface area contributed by atoms with E-state index >= 15 is 0 Å². The lowest BCUT2D eigenvalue weighted by atomic mass is 9.69. The molecule has 0 aliphatic heterocycles. The Bertz CT molecular complexity index is 2200. The monoisotopic (exact) mass is 1210 g/mol. The highest BCUT2D eigenvalue weighted by atomic mass is 79.9. The minimum absolute atomic E-state index is 0.0236. The number of ether oxygens (including phenoxy) is 11. The van der Waals surface area contributed by atoms with Gasteiger partial charge in [-0.05, 0) is 167 Å². The predicted octanol–water partition coefficient (Wildman–Crippen LogP) is 15.9. The first-order chi connectivity index (χ1) is 37.8. The summed E-state index contributed by atoms with van der Waals surface area (Å²) in [5.74, 6) is 3.05. The van der Waals surface area contributed by atoms with Gasteiger partial charge in [-0.2, -0.15) is 0 Å². The zero-order valence-corrected chi connectivity index (χ0v) is 52.4. The van der Waals surface area contributed by atoms with Crippen LogP contribution in [0.4, 0.5) is 0 Å². The molecule has 0 N–H and O–H groups in total. The average molecular weight is 1210 g/mol. The number of unbranched alkanes of at least 4 members (excludes halogenated alkanes) is 1. The molecule has 436 valence electrons. The van der Waals surface area contributed by atoms with E-state index in [2.05, 4.69) is 148 Å². The van der Waals surface area contributed by atoms with Gasteiger partial charge in [-0.15, -0.1) is 0 Å². The average Bonchev–Trinajstić information content (AvgIpc) is 3.84. The van der Waals surface area contributed by atoms with Crippen LogP contribution in [-0.2, 0) is 51.4 Å². The summed E-state index contributed by atoms with van der Waals surface area (Å²) in [7, 11) is 5.30. The fourth-order valence-corrected chi connectivity index (χ4v) is 10.9. The van der Waals surface area contributed by atoms with Gasteiger partial charge in [0.05, 0.1) is 69.2 Å². The number of hydrogen-bond acceptors (Lipinski definition) is 11. The minimum atomic E-state index is -0.547. The second kappa shape index (κ2) is 35.6. The second-order valence-corrected chi connectivity index (χ2v) is 23.1. The standard InChI is InChI=1S/C65H96Br2O11/c1-12-16-28-71-46(5)21-29-75-57-36-50(37-58(42-57)76-30-22-47(6)72-33-25-54(13-2)68-9)44-65(63-40-52(66)17-19-61(63)62-20-18-53(67)41-64(62)65)45-51-38-59(77-31-23-48(7)73-34-26-55(14-3)69-10)43-60(39-51)78-32-24-49(8)74-35-27-56(15-4)70-11/h17-20,36-43,46-49,54-56H,12-16,21-35,44-45H2,1-11H3. The first kappa shape index (κ1) is 65.6. The lowest BCUT2D eigenvalue weighted by Gasteiger charge is -2.34. The van der Waals surface area contributed by atoms with E-state index in [-0.39, 0.29) is 42.7 Å². The van der Waals surface area contributed by atoms with E-state index in [1.165, 1.54) is 22.3 Å². The predicted molar refractivity (Wildman–Crippen MR) is 322 cm³/mol. The van der Waals surface area contributed by atoms with Crippen LogP contribution in [0.3, 0.4) is 0 Å². The lowest BCUT2D eigenvalue weighted by Crippen LogP contribution is -2.31. The van der Waals surface area contributed by atoms with Crippen LogP contribution in [0.2, 0.25) is 0 Å². The van der Waals surface area contributed by atoms with Crippen LogP contribution in [-0.4, -0.2) is 117 Å². The smallest absolute Gasteiger partial charge is 0.123 e. The van der Waals surface area contributed by atoms with Crippen molar-refractivity contribution in [2.24, 2.45) is 0 Å². The molecule has 5 rings (SSSR count). The van der Waals surface area contributed by atoms with Crippen molar-refractivity contribution >= 4 is 31.9 Å². The number of fused-ring (bicyclic) bond motifs is 3. The molecule has 0 radical (unpaired) electrons. The molecule has 78 heavy (non-hydrogen) atoms. The third-order valence-electron chi connectivity index (χ3n) is 15.1. The number of halogens is 2. The molecular formula is C65H96Br2O11. The van der Waals surface area contributed by atoms with Gasteiger partial charge in [0, 0.05) is 99.9 Å². The highest BCUT2D eigenvalue weighted by Crippen LogP contribution is 2.54. The fourth-order valence-electron chi connectivity index (χ4n) is 10.2. The molecule has 0 fully saturated rings. The molecule has 0 heterocycles. The molecule has 1 aliphatic rings. The Balaban J connectivity index is 1.51. The number of rotatable bonds is 42. The van der Waals surface area contributed by atoms with Crippen LogP contribution in [0.1, 0.15) is 155 Å². The first-order valence-electron chi connectivity index (χ1n) is 29.2. The van der Waals surface area contributed by atoms with E-state index in [9.17, 15) is 0 Å². The van der Waals surface area contributed by atoms with Gasteiger partial charge in [-0.25, -0.2) is 0 Å². The molecule has 0 bridgehead atoms. The number of benzene rings is 4. The first-order valence-corrected chi connectivity index (χ1v) is 30.8. The van der Waals surface area contributed by atoms with Gasteiger partial charge in [-0.3, -0.25) is 0 Å². The molecule has 0 saturated carbocycles. The van der Waals surface area contributed by atoms with Crippen LogP contribution >= 0.6 is 31.9 Å². The van der Waals surface area contributed by atoms with Gasteiger partial charge in [0.2, 0.25) is 0 Å². The Morgan fingerprint density at radius 1 is 0.397 bits per heavy atom. The normalized spacial score (nSPS) is 15.4. The largest absolute Gasteiger partial charge is 0.493 e. The van der Waals surface area contributed by atoms with E-state index < -0.39 is 5.41 Å². The zero-order valence-electron chi connectivity index (χ0n) is 49.3. The molecule has 0 amide bonds. The van der Waals surface area contributed by atoms with Gasteiger partial charge < -0.3 is 52.1 Å². The molecular weight excluding hydrogens is 1120 g/mol. The fraction of sp³-hybridized carbons (Fsp3) is 0.631. The molecule has 1 aliphatic carbocycles. The van der Waals surface area contributed by atoms with E-state index in [4.69, 9.17) is 52.1 Å². The zero-order chi connectivity index (χ0) is 56.3. The Morgan fingerprint density at radius 3 is 1.01 bits per heavy atom. The summed E-state index contributed by atoms with van der Waals surface area (Å²) in [6.45, 7) is 21.8. The summed E-state index contributed by atoms with van der Waals surface area (Å²) in [4.78, 5) is 0. The van der Waals surface area contributed by atoms with Crippen LogP contribution in [0.15, 0.2) is 81.7 Å². The van der Waals surface area contributed by atoms with E-state index in [0.29, 0.717) is 59.1 Å². The molecule has 0 aromatic heterocycles. The van der Waals surface area contributed by atoms with Crippen molar-refractivity contribution in [1.82, 2.24) is 0 Å². The molecule has 0 saturated heterocycles. The van der Waals surface area contributed by atoms with Crippen molar-refractivity contribution in [2.75, 3.05) is 74.2 Å². The van der Waals surface area contributed by atoms with E-state index in [0.717, 1.165) is 127 Å². The molecule has 13 heteroatoms. The van der Waals surface area contributed by atoms with Crippen molar-refractivity contribution < 1.29 is 52.1 Å². The molecule has 11 nitrogen and oxygen atoms in total. The Hall–Kier alpha value is -3.24. The highest BCUT2D eigenvalue weighted by molar-refractivity contribution is 9.10. The highest BCUT2D eigenvalue weighted by Gasteiger charge is 2.44. The topological polar surface area (TPSA) is 102 Å². The SMILES string of the molecule is CCCCOC(C)CCOc1cc(CC2(Cc3cc(OCCC(C)OCCC(CC)OC)cc(OCCC(C)OCCC(CC)OC)c3)c3cc(Br)ccc3-c3ccc(Br)cc32)cc(OCCC(C)OCCC(CC)OC)c1. The second-order valence-electron chi connectivity index (χ2n) is 21.2. The van der Waals surface area contributed by atoms with Crippen LogP contribution in [0, 0.1) is 0 Å². The lowest BCUT2D eigenvalue weighted by molar-refractivity contribution is 0.0134. The Morgan fingerprint density at radius 2 is 0.718 bits per heavy atom. The Labute approximate surface area is 487 Å².